The zero-order valence-electron chi connectivity index (χ0n) is 23.8. The van der Waals surface area contributed by atoms with Gasteiger partial charge in [0, 0.05) is 61.9 Å². The number of amides is 2. The van der Waals surface area contributed by atoms with E-state index in [0.29, 0.717) is 56.2 Å². The number of alkyl halides is 2. The van der Waals surface area contributed by atoms with Gasteiger partial charge in [-0.25, -0.2) is 9.97 Å². The van der Waals surface area contributed by atoms with Crippen LogP contribution in [0.2, 0.25) is 0 Å². The lowest BCUT2D eigenvalue weighted by atomic mass is 10.1. The Morgan fingerprint density at radius 2 is 1.80 bits per heavy atom. The Labute approximate surface area is 258 Å². The fourth-order valence-electron chi connectivity index (χ4n) is 5.57. The van der Waals surface area contributed by atoms with E-state index in [1.807, 2.05) is 23.5 Å². The van der Waals surface area contributed by atoms with Crippen LogP contribution in [0.5, 0.6) is 5.75 Å². The largest absolute Gasteiger partial charge is 0.435 e. The highest BCUT2D eigenvalue weighted by atomic mass is 35.5. The van der Waals surface area contributed by atoms with Gasteiger partial charge in [0.25, 0.3) is 5.91 Å². The zero-order valence-corrected chi connectivity index (χ0v) is 24.6. The van der Waals surface area contributed by atoms with E-state index in [0.717, 1.165) is 22.5 Å². The average molecular weight is 628 g/mol. The standard InChI is InChI=1S/C30H31F2N7O4.ClH/c1-18-14-20(4-7-23(18)28(41)37-10-12-38(13-11-37)29(42)24-15-21(40)16-34-24)36-26-27-35-17-25(39(27)9-8-33-26)19-2-5-22(6-3-19)43-30(31)32;/h2-9,14,17,21,24,30,34,40H,10-13,15-16H2,1H3,(H,33,36);1H/t21-,24+;/m1./s1. The predicted molar refractivity (Wildman–Crippen MR) is 162 cm³/mol. The van der Waals surface area contributed by atoms with Gasteiger partial charge in [0.05, 0.1) is 24.0 Å². The molecule has 4 aromatic rings. The monoisotopic (exact) mass is 627 g/mol. The first-order chi connectivity index (χ1) is 20.8. The molecule has 0 spiro atoms. The first-order valence-electron chi connectivity index (χ1n) is 14.0. The Kier molecular flexibility index (Phi) is 9.28. The molecular formula is C30H32ClF2N7O4. The Morgan fingerprint density at radius 3 is 2.45 bits per heavy atom. The third-order valence-corrected chi connectivity index (χ3v) is 7.81. The highest BCUT2D eigenvalue weighted by Gasteiger charge is 2.33. The number of hydrogen-bond donors (Lipinski definition) is 3. The van der Waals surface area contributed by atoms with Crippen LogP contribution in [-0.2, 0) is 4.79 Å². The summed E-state index contributed by atoms with van der Waals surface area (Å²) in [5.74, 6) is 0.467. The minimum atomic E-state index is -2.89. The normalized spacial score (nSPS) is 18.4. The molecule has 2 atom stereocenters. The number of piperazine rings is 1. The first kappa shape index (κ1) is 31.1. The number of aliphatic hydroxyl groups excluding tert-OH is 1. The number of β-amino-alcohol motifs (C(OH)–C–C–N with tert-alkyl or cyclic N) is 1. The summed E-state index contributed by atoms with van der Waals surface area (Å²) < 4.78 is 31.3. The predicted octanol–water partition coefficient (Wildman–Crippen LogP) is 3.48. The molecule has 2 aromatic heterocycles. The number of aromatic nitrogens is 3. The van der Waals surface area contributed by atoms with Gasteiger partial charge in [0.2, 0.25) is 5.91 Å². The van der Waals surface area contributed by atoms with Crippen LogP contribution in [0.1, 0.15) is 22.3 Å². The summed E-state index contributed by atoms with van der Waals surface area (Å²) in [6.07, 6.45) is 4.99. The lowest BCUT2D eigenvalue weighted by Crippen LogP contribution is -2.54. The van der Waals surface area contributed by atoms with E-state index in [9.17, 15) is 23.5 Å². The van der Waals surface area contributed by atoms with Crippen molar-refractivity contribution in [2.75, 3.05) is 38.0 Å². The highest BCUT2D eigenvalue weighted by Crippen LogP contribution is 2.28. The number of benzene rings is 2. The number of aryl methyl sites for hydroxylation is 1. The summed E-state index contributed by atoms with van der Waals surface area (Å²) in [5.41, 5.74) is 4.19. The molecule has 2 aromatic carbocycles. The Balaban J connectivity index is 0.00000384. The van der Waals surface area contributed by atoms with Crippen molar-refractivity contribution in [1.29, 1.82) is 0 Å². The van der Waals surface area contributed by atoms with Crippen molar-refractivity contribution in [1.82, 2.24) is 29.5 Å². The van der Waals surface area contributed by atoms with Gasteiger partial charge in [-0.2, -0.15) is 8.78 Å². The summed E-state index contributed by atoms with van der Waals surface area (Å²) in [4.78, 5) is 38.6. The number of nitrogens with zero attached hydrogens (tertiary/aromatic N) is 5. The number of anilines is 2. The molecule has 0 radical (unpaired) electrons. The molecule has 2 aliphatic heterocycles. The third kappa shape index (κ3) is 6.44. The minimum Gasteiger partial charge on any atom is -0.435 e. The Morgan fingerprint density at radius 1 is 1.07 bits per heavy atom. The molecule has 2 amide bonds. The maximum Gasteiger partial charge on any atom is 0.387 e. The SMILES string of the molecule is Cc1cc(Nc2nccn3c(-c4ccc(OC(F)F)cc4)cnc23)ccc1C(=O)N1CCN(C(=O)[C@@H]2C[C@@H](O)CN2)CC1.Cl. The molecule has 0 unspecified atom stereocenters. The van der Waals surface area contributed by atoms with E-state index in [1.165, 1.54) is 12.1 Å². The van der Waals surface area contributed by atoms with Crippen molar-refractivity contribution in [2.45, 2.75) is 32.1 Å². The van der Waals surface area contributed by atoms with E-state index < -0.39 is 12.7 Å². The van der Waals surface area contributed by atoms with Crippen LogP contribution < -0.4 is 15.4 Å². The topological polar surface area (TPSA) is 124 Å². The molecule has 4 heterocycles. The lowest BCUT2D eigenvalue weighted by molar-refractivity contribution is -0.134. The molecule has 6 rings (SSSR count). The van der Waals surface area contributed by atoms with Crippen molar-refractivity contribution in [3.05, 3.63) is 72.2 Å². The molecule has 11 nitrogen and oxygen atoms in total. The number of halogens is 3. The molecular weight excluding hydrogens is 596 g/mol. The van der Waals surface area contributed by atoms with E-state index >= 15 is 0 Å². The van der Waals surface area contributed by atoms with Gasteiger partial charge in [0.1, 0.15) is 5.75 Å². The number of aliphatic hydroxyl groups is 1. The first-order valence-corrected chi connectivity index (χ1v) is 14.0. The molecule has 2 fully saturated rings. The molecule has 232 valence electrons. The van der Waals surface area contributed by atoms with Crippen molar-refractivity contribution >= 4 is 41.4 Å². The minimum absolute atomic E-state index is 0. The summed E-state index contributed by atoms with van der Waals surface area (Å²) in [6.45, 7) is 1.19. The van der Waals surface area contributed by atoms with Gasteiger partial charge in [0.15, 0.2) is 11.5 Å². The Bertz CT molecular complexity index is 1640. The molecule has 0 saturated carbocycles. The fraction of sp³-hybridized carbons (Fsp3) is 0.333. The van der Waals surface area contributed by atoms with E-state index in [4.69, 9.17) is 0 Å². The molecule has 3 N–H and O–H groups in total. The molecule has 2 saturated heterocycles. The lowest BCUT2D eigenvalue weighted by Gasteiger charge is -2.36. The maximum absolute atomic E-state index is 13.3. The maximum atomic E-state index is 13.3. The van der Waals surface area contributed by atoms with Gasteiger partial charge < -0.3 is 30.3 Å². The number of hydrogen-bond acceptors (Lipinski definition) is 8. The highest BCUT2D eigenvalue weighted by molar-refractivity contribution is 5.96. The van der Waals surface area contributed by atoms with Gasteiger partial charge >= 0.3 is 6.61 Å². The van der Waals surface area contributed by atoms with Crippen molar-refractivity contribution in [3.8, 4) is 17.0 Å². The number of nitrogens with one attached hydrogen (secondary N) is 2. The van der Waals surface area contributed by atoms with Crippen molar-refractivity contribution < 1.29 is 28.2 Å². The van der Waals surface area contributed by atoms with Crippen LogP contribution in [0.15, 0.2) is 61.1 Å². The molecule has 0 aliphatic carbocycles. The van der Waals surface area contributed by atoms with E-state index in [-0.39, 0.29) is 36.0 Å². The second-order valence-corrected chi connectivity index (χ2v) is 10.6. The number of ether oxygens (including phenoxy) is 1. The average Bonchev–Trinajstić information content (AvgIpc) is 3.64. The van der Waals surface area contributed by atoms with Gasteiger partial charge in [-0.05, 0) is 61.4 Å². The molecule has 0 bridgehead atoms. The zero-order chi connectivity index (χ0) is 30.1. The van der Waals surface area contributed by atoms with E-state index in [2.05, 4.69) is 25.3 Å². The van der Waals surface area contributed by atoms with Crippen molar-refractivity contribution in [3.63, 3.8) is 0 Å². The van der Waals surface area contributed by atoms with Gasteiger partial charge in [-0.1, -0.05) is 0 Å². The molecule has 2 aliphatic rings. The van der Waals surface area contributed by atoms with Crippen LogP contribution in [0.25, 0.3) is 16.9 Å². The van der Waals surface area contributed by atoms with Gasteiger partial charge in [-0.3, -0.25) is 14.0 Å². The molecule has 44 heavy (non-hydrogen) atoms. The smallest absolute Gasteiger partial charge is 0.387 e. The van der Waals surface area contributed by atoms with Gasteiger partial charge in [-0.15, -0.1) is 12.4 Å². The Hall–Kier alpha value is -4.33. The fourth-order valence-corrected chi connectivity index (χ4v) is 5.57. The number of carbonyl (C=O) groups excluding carboxylic acids is 2. The van der Waals surface area contributed by atoms with Crippen LogP contribution in [0, 0.1) is 6.92 Å². The third-order valence-electron chi connectivity index (χ3n) is 7.81. The number of fused-ring (bicyclic) bond motifs is 1. The summed E-state index contributed by atoms with van der Waals surface area (Å²) >= 11 is 0. The second-order valence-electron chi connectivity index (χ2n) is 10.6. The quantitative estimate of drug-likeness (QED) is 0.285. The van der Waals surface area contributed by atoms with Crippen LogP contribution in [0.3, 0.4) is 0 Å². The number of imidazole rings is 1. The number of rotatable bonds is 7. The molecule has 14 heteroatoms. The second kappa shape index (κ2) is 13.1. The van der Waals surface area contributed by atoms with E-state index in [1.54, 1.807) is 46.6 Å². The summed E-state index contributed by atoms with van der Waals surface area (Å²) in [7, 11) is 0. The number of carbonyl (C=O) groups is 2. The van der Waals surface area contributed by atoms with Crippen LogP contribution in [-0.4, -0.2) is 92.6 Å². The van der Waals surface area contributed by atoms with Crippen LogP contribution >= 0.6 is 12.4 Å². The van der Waals surface area contributed by atoms with Crippen LogP contribution in [0.4, 0.5) is 20.3 Å². The van der Waals surface area contributed by atoms with Crippen molar-refractivity contribution in [2.24, 2.45) is 0 Å². The summed E-state index contributed by atoms with van der Waals surface area (Å²) in [5, 5.41) is 16.1. The summed E-state index contributed by atoms with van der Waals surface area (Å²) in [6, 6.07) is 11.4.